The van der Waals surface area contributed by atoms with E-state index in [1.54, 1.807) is 42.5 Å². The van der Waals surface area contributed by atoms with Crippen LogP contribution >= 0.6 is 21.6 Å². The van der Waals surface area contributed by atoms with E-state index in [4.69, 9.17) is 38.6 Å². The number of rotatable bonds is 19. The number of carboxylic acids is 1. The van der Waals surface area contributed by atoms with Crippen molar-refractivity contribution in [2.24, 2.45) is 33.7 Å². The highest BCUT2D eigenvalue weighted by Gasteiger charge is 2.40. The standard InChI is InChI=1S/C46H64N14O12S2.C2H4O2/c47-35(62)15-14-29-40(67)58-32(22-36(48)63)43(70)59-33(45(72)60-18-5-9-34(60)44(71)56-28(8-4-17-52-46(50)51)39(66)53-23-37(49)64)24-74-73-19-16-38(65)54-30(21-26-10-12-27(61)13-11-26)41(68)57-31(42(69)55-29)20-25-6-2-1-3-7-25;1-2(3)4/h1-3,6-7,10-13,28-34,61H,4-5,8-9,14-24H2,(H2,47,62)(H2,48,63)(H2,49,64)(H,53,66)(H,54,65)(H,55,69)(H,56,71)(H,57,68)(H,58,67)(H,59,70)(H4,50,51,52);1H3,(H,3,4)/t28-,29-,30-,31-,32-,33-,34-;/m0./s1. The van der Waals surface area contributed by atoms with Crippen LogP contribution in [-0.2, 0) is 70.4 Å². The molecule has 11 amide bonds. The number of carboxylic acid groups (broad SMARTS) is 1. The number of nitrogens with zero attached hydrogens (tertiary/aromatic N) is 2. The molecule has 19 N–H and O–H groups in total. The fraction of sp³-hybridized carbons (Fsp3) is 0.479. The van der Waals surface area contributed by atoms with Crippen LogP contribution in [0.2, 0.25) is 0 Å². The number of carbonyl (C=O) groups is 12. The van der Waals surface area contributed by atoms with E-state index in [1.165, 1.54) is 17.0 Å². The summed E-state index contributed by atoms with van der Waals surface area (Å²) < 4.78 is 0. The molecule has 0 aromatic heterocycles. The van der Waals surface area contributed by atoms with Gasteiger partial charge in [0.1, 0.15) is 48.0 Å². The van der Waals surface area contributed by atoms with Crippen molar-refractivity contribution < 1.29 is 67.7 Å². The van der Waals surface area contributed by atoms with Crippen LogP contribution in [0.4, 0.5) is 0 Å². The van der Waals surface area contributed by atoms with Gasteiger partial charge in [0.25, 0.3) is 5.97 Å². The largest absolute Gasteiger partial charge is 0.508 e. The monoisotopic (exact) mass is 1130 g/mol. The predicted octanol–water partition coefficient (Wildman–Crippen LogP) is -4.25. The minimum Gasteiger partial charge on any atom is -0.508 e. The van der Waals surface area contributed by atoms with Gasteiger partial charge in [0, 0.05) is 57.2 Å². The topological polar surface area (TPSA) is 475 Å². The number of nitrogens with one attached hydrogen (secondary N) is 7. The summed E-state index contributed by atoms with van der Waals surface area (Å²) in [5.41, 5.74) is 28.1. The van der Waals surface area contributed by atoms with E-state index >= 15 is 0 Å². The van der Waals surface area contributed by atoms with Gasteiger partial charge in [0.05, 0.1) is 13.0 Å². The Hall–Kier alpha value is -8.15. The molecule has 426 valence electrons. The van der Waals surface area contributed by atoms with Crippen LogP contribution in [0.5, 0.6) is 5.75 Å². The van der Waals surface area contributed by atoms with Gasteiger partial charge in [-0.3, -0.25) is 62.5 Å². The Morgan fingerprint density at radius 1 is 0.744 bits per heavy atom. The number of primary amides is 3. The average molecular weight is 1130 g/mol. The molecule has 2 fully saturated rings. The molecule has 0 radical (unpaired) electrons. The number of amides is 11. The molecule has 30 heteroatoms. The first-order valence-corrected chi connectivity index (χ1v) is 27.0. The molecule has 0 bridgehead atoms. The van der Waals surface area contributed by atoms with Crippen molar-refractivity contribution in [3.8, 4) is 5.75 Å². The lowest BCUT2D eigenvalue weighted by atomic mass is 10.0. The number of aromatic hydroxyl groups is 1. The van der Waals surface area contributed by atoms with E-state index in [2.05, 4.69) is 42.2 Å². The first kappa shape index (κ1) is 64.1. The highest BCUT2D eigenvalue weighted by Crippen LogP contribution is 2.26. The van der Waals surface area contributed by atoms with E-state index in [0.717, 1.165) is 28.5 Å². The van der Waals surface area contributed by atoms with Gasteiger partial charge < -0.3 is 81.0 Å². The van der Waals surface area contributed by atoms with Crippen LogP contribution in [0.1, 0.15) is 69.4 Å². The lowest BCUT2D eigenvalue weighted by Crippen LogP contribution is -2.61. The van der Waals surface area contributed by atoms with Gasteiger partial charge >= 0.3 is 0 Å². The third-order valence-corrected chi connectivity index (χ3v) is 13.9. The maximum absolute atomic E-state index is 14.6. The summed E-state index contributed by atoms with van der Waals surface area (Å²) in [6.07, 6.45) is -1.34. The molecular formula is C48H68N14O14S2. The number of aliphatic imine (C=N–C) groups is 1. The van der Waals surface area contributed by atoms with E-state index in [9.17, 15) is 57.8 Å². The van der Waals surface area contributed by atoms with Crippen molar-refractivity contribution in [2.75, 3.05) is 31.1 Å². The van der Waals surface area contributed by atoms with Crippen LogP contribution in [0.15, 0.2) is 59.6 Å². The molecule has 78 heavy (non-hydrogen) atoms. The number of hydrogen-bond acceptors (Lipinski definition) is 16. The van der Waals surface area contributed by atoms with Crippen molar-refractivity contribution in [3.05, 3.63) is 65.7 Å². The maximum atomic E-state index is 14.6. The molecule has 0 spiro atoms. The molecule has 2 aromatic rings. The van der Waals surface area contributed by atoms with Gasteiger partial charge in [-0.15, -0.1) is 0 Å². The third-order valence-electron chi connectivity index (χ3n) is 11.5. The number of nitrogens with two attached hydrogens (primary N) is 5. The fourth-order valence-corrected chi connectivity index (χ4v) is 9.93. The number of hydrogen-bond donors (Lipinski definition) is 14. The first-order valence-electron chi connectivity index (χ1n) is 24.5. The summed E-state index contributed by atoms with van der Waals surface area (Å²) >= 11 is 0. The Labute approximate surface area is 456 Å². The van der Waals surface area contributed by atoms with Gasteiger partial charge in [0.15, 0.2) is 5.96 Å². The van der Waals surface area contributed by atoms with E-state index in [0.29, 0.717) is 17.5 Å². The number of phenols is 1. The molecule has 28 nitrogen and oxygen atoms in total. The zero-order valence-electron chi connectivity index (χ0n) is 42.7. The van der Waals surface area contributed by atoms with Crippen LogP contribution in [-0.4, -0.2) is 165 Å². The van der Waals surface area contributed by atoms with Gasteiger partial charge in [-0.2, -0.15) is 0 Å². The minimum absolute atomic E-state index is 0.0128. The summed E-state index contributed by atoms with van der Waals surface area (Å²) in [7, 11) is 2.19. The minimum atomic E-state index is -1.77. The Kier molecular flexibility index (Phi) is 27.2. The second kappa shape index (κ2) is 33.1. The summed E-state index contributed by atoms with van der Waals surface area (Å²) in [5, 5.41) is 35.2. The predicted molar refractivity (Wildman–Crippen MR) is 285 cm³/mol. The summed E-state index contributed by atoms with van der Waals surface area (Å²) in [6, 6.07) is 4.52. The normalized spacial score (nSPS) is 20.9. The molecule has 0 saturated carbocycles. The maximum Gasteiger partial charge on any atom is 0.300 e. The zero-order chi connectivity index (χ0) is 57.9. The Morgan fingerprint density at radius 3 is 1.92 bits per heavy atom. The SMILES string of the molecule is CC(=O)O.NC(=O)CC[C@@H]1NC(=O)[C@H](Cc2ccccc2)NC(=O)[C@H](Cc2ccc(O)cc2)NC(=O)CCSSC[C@@H](C(=O)N2CCC[C@H]2C(=O)N[C@@H](CCCN=C(N)N)C(=O)NCC(N)=O)NC(=O)[C@H](CC(N)=O)NC1=O. The number of guanidine groups is 1. The molecule has 2 saturated heterocycles. The van der Waals surface area contributed by atoms with E-state index in [1.807, 2.05) is 0 Å². The highest BCUT2D eigenvalue weighted by molar-refractivity contribution is 8.76. The molecule has 2 aliphatic rings. The van der Waals surface area contributed by atoms with Crippen molar-refractivity contribution in [2.45, 2.75) is 113 Å². The van der Waals surface area contributed by atoms with Crippen LogP contribution in [0.3, 0.4) is 0 Å². The number of phenolic OH excluding ortho intramolecular Hbond substituents is 1. The quantitative estimate of drug-likeness (QED) is 0.0274. The van der Waals surface area contributed by atoms with Crippen molar-refractivity contribution in [1.82, 2.24) is 42.1 Å². The number of benzene rings is 2. The van der Waals surface area contributed by atoms with Gasteiger partial charge in [0.2, 0.25) is 65.0 Å². The number of carbonyl (C=O) groups excluding carboxylic acids is 11. The number of aliphatic carboxylic acids is 1. The second-order valence-corrected chi connectivity index (χ2v) is 20.5. The summed E-state index contributed by atoms with van der Waals surface area (Å²) in [6.45, 7) is 0.682. The molecule has 2 heterocycles. The van der Waals surface area contributed by atoms with E-state index < -0.39 is 139 Å². The summed E-state index contributed by atoms with van der Waals surface area (Å²) in [5.74, 6) is -10.6. The molecule has 4 rings (SSSR count). The van der Waals surface area contributed by atoms with Crippen LogP contribution < -0.4 is 65.9 Å². The van der Waals surface area contributed by atoms with Crippen LogP contribution in [0, 0.1) is 0 Å². The van der Waals surface area contributed by atoms with E-state index in [-0.39, 0.29) is 74.8 Å². The molecule has 7 atom stereocenters. The third kappa shape index (κ3) is 23.8. The van der Waals surface area contributed by atoms with Crippen LogP contribution in [0.25, 0.3) is 0 Å². The Bertz CT molecular complexity index is 2480. The lowest BCUT2D eigenvalue weighted by molar-refractivity contribution is -0.142. The molecular weight excluding hydrogens is 1060 g/mol. The zero-order valence-corrected chi connectivity index (χ0v) is 44.4. The second-order valence-electron chi connectivity index (χ2n) is 17.9. The molecule has 2 aliphatic heterocycles. The first-order chi connectivity index (χ1) is 36.9. The van der Waals surface area contributed by atoms with Gasteiger partial charge in [-0.1, -0.05) is 64.1 Å². The molecule has 0 unspecified atom stereocenters. The van der Waals surface area contributed by atoms with Crippen molar-refractivity contribution in [1.29, 1.82) is 0 Å². The fourth-order valence-electron chi connectivity index (χ4n) is 7.78. The average Bonchev–Trinajstić information content (AvgIpc) is 3.89. The van der Waals surface area contributed by atoms with Crippen molar-refractivity contribution in [3.63, 3.8) is 0 Å². The number of likely N-dealkylation sites (tertiary alicyclic amines) is 1. The molecule has 0 aliphatic carbocycles. The Balaban J connectivity index is 0.00000386. The highest BCUT2D eigenvalue weighted by atomic mass is 33.1. The Morgan fingerprint density at radius 2 is 1.32 bits per heavy atom. The summed E-state index contributed by atoms with van der Waals surface area (Å²) in [4.78, 5) is 162. The van der Waals surface area contributed by atoms with Crippen molar-refractivity contribution >= 4 is 98.5 Å². The molecule has 2 aromatic carbocycles. The lowest BCUT2D eigenvalue weighted by Gasteiger charge is -2.31. The van der Waals surface area contributed by atoms with Gasteiger partial charge in [-0.05, 0) is 55.4 Å². The van der Waals surface area contributed by atoms with Gasteiger partial charge in [-0.25, -0.2) is 0 Å². The smallest absolute Gasteiger partial charge is 0.300 e.